The van der Waals surface area contributed by atoms with Crippen LogP contribution >= 0.6 is 15.9 Å². The number of hydrogen-bond donors (Lipinski definition) is 1. The standard InChI is InChI=1S/C15H12BrNO3/c16-13-9-12(15(18)14(10-13)17(19)20)8-4-7-11-5-2-1-3-6-11/h1-7,9-10,18H,8H2. The normalized spacial score (nSPS) is 10.8. The molecule has 4 nitrogen and oxygen atoms in total. The van der Waals surface area contributed by atoms with Gasteiger partial charge in [0.25, 0.3) is 0 Å². The van der Waals surface area contributed by atoms with Gasteiger partial charge in [-0.15, -0.1) is 0 Å². The zero-order valence-electron chi connectivity index (χ0n) is 10.5. The first-order valence-electron chi connectivity index (χ1n) is 5.95. The van der Waals surface area contributed by atoms with E-state index in [0.717, 1.165) is 5.56 Å². The fourth-order valence-corrected chi connectivity index (χ4v) is 2.31. The number of hydrogen-bond acceptors (Lipinski definition) is 3. The number of phenolic OH excluding ortho intramolecular Hbond substituents is 1. The summed E-state index contributed by atoms with van der Waals surface area (Å²) in [6, 6.07) is 12.7. The van der Waals surface area contributed by atoms with E-state index in [0.29, 0.717) is 16.5 Å². The molecule has 0 amide bonds. The monoisotopic (exact) mass is 333 g/mol. The maximum absolute atomic E-state index is 10.8. The van der Waals surface area contributed by atoms with E-state index in [-0.39, 0.29) is 11.4 Å². The Morgan fingerprint density at radius 1 is 1.25 bits per heavy atom. The van der Waals surface area contributed by atoms with E-state index in [9.17, 15) is 15.2 Å². The Kier molecular flexibility index (Phi) is 4.53. The van der Waals surface area contributed by atoms with Crippen LogP contribution in [-0.4, -0.2) is 10.0 Å². The Balaban J connectivity index is 2.22. The molecule has 0 radical (unpaired) electrons. The number of benzene rings is 2. The van der Waals surface area contributed by atoms with E-state index in [1.165, 1.54) is 6.07 Å². The average molecular weight is 334 g/mol. The van der Waals surface area contributed by atoms with Gasteiger partial charge in [0.1, 0.15) is 0 Å². The third-order valence-electron chi connectivity index (χ3n) is 2.78. The lowest BCUT2D eigenvalue weighted by molar-refractivity contribution is -0.386. The molecule has 0 aliphatic rings. The first-order chi connectivity index (χ1) is 9.58. The molecule has 0 saturated carbocycles. The van der Waals surface area contributed by atoms with Crippen molar-refractivity contribution in [1.29, 1.82) is 0 Å². The van der Waals surface area contributed by atoms with Crippen molar-refractivity contribution in [3.63, 3.8) is 0 Å². The molecule has 0 saturated heterocycles. The van der Waals surface area contributed by atoms with Crippen LogP contribution in [0.15, 0.2) is 53.0 Å². The Hall–Kier alpha value is -2.14. The fraction of sp³-hybridized carbons (Fsp3) is 0.0667. The summed E-state index contributed by atoms with van der Waals surface area (Å²) in [5.41, 5.74) is 1.26. The van der Waals surface area contributed by atoms with Crippen molar-refractivity contribution in [2.24, 2.45) is 0 Å². The Labute approximate surface area is 124 Å². The van der Waals surface area contributed by atoms with Crippen LogP contribution < -0.4 is 0 Å². The molecule has 2 aromatic carbocycles. The van der Waals surface area contributed by atoms with Gasteiger partial charge in [-0.25, -0.2) is 0 Å². The van der Waals surface area contributed by atoms with E-state index in [4.69, 9.17) is 0 Å². The minimum Gasteiger partial charge on any atom is -0.502 e. The van der Waals surface area contributed by atoms with Gasteiger partial charge in [0.2, 0.25) is 0 Å². The molecule has 2 aromatic rings. The summed E-state index contributed by atoms with van der Waals surface area (Å²) >= 11 is 3.21. The molecular weight excluding hydrogens is 322 g/mol. The van der Waals surface area contributed by atoms with Gasteiger partial charge in [-0.2, -0.15) is 0 Å². The van der Waals surface area contributed by atoms with Crippen molar-refractivity contribution in [2.75, 3.05) is 0 Å². The summed E-state index contributed by atoms with van der Waals surface area (Å²) in [5.74, 6) is -0.282. The van der Waals surface area contributed by atoms with Gasteiger partial charge in [0.15, 0.2) is 5.75 Å². The third-order valence-corrected chi connectivity index (χ3v) is 3.24. The van der Waals surface area contributed by atoms with Crippen LogP contribution in [0, 0.1) is 10.1 Å². The Morgan fingerprint density at radius 3 is 2.60 bits per heavy atom. The molecule has 20 heavy (non-hydrogen) atoms. The average Bonchev–Trinajstić information content (AvgIpc) is 2.43. The molecule has 0 fully saturated rings. The van der Waals surface area contributed by atoms with E-state index < -0.39 is 4.92 Å². The van der Waals surface area contributed by atoms with Gasteiger partial charge in [0, 0.05) is 16.1 Å². The number of phenols is 1. The van der Waals surface area contributed by atoms with Gasteiger partial charge < -0.3 is 5.11 Å². The fourth-order valence-electron chi connectivity index (χ4n) is 1.82. The molecule has 0 aromatic heterocycles. The lowest BCUT2D eigenvalue weighted by atomic mass is 10.1. The second kappa shape index (κ2) is 6.34. The smallest absolute Gasteiger partial charge is 0.312 e. The summed E-state index contributed by atoms with van der Waals surface area (Å²) in [7, 11) is 0. The van der Waals surface area contributed by atoms with Crippen molar-refractivity contribution in [3.8, 4) is 5.75 Å². The van der Waals surface area contributed by atoms with Gasteiger partial charge in [0.05, 0.1) is 4.92 Å². The van der Waals surface area contributed by atoms with Crippen LogP contribution in [0.25, 0.3) is 6.08 Å². The zero-order valence-corrected chi connectivity index (χ0v) is 12.1. The first-order valence-corrected chi connectivity index (χ1v) is 6.74. The van der Waals surface area contributed by atoms with Crippen LogP contribution in [0.1, 0.15) is 11.1 Å². The van der Waals surface area contributed by atoms with Crippen LogP contribution in [0.5, 0.6) is 5.75 Å². The molecular formula is C15H12BrNO3. The molecule has 0 heterocycles. The summed E-state index contributed by atoms with van der Waals surface area (Å²) in [6.07, 6.45) is 4.19. The number of aromatic hydroxyl groups is 1. The topological polar surface area (TPSA) is 63.4 Å². The van der Waals surface area contributed by atoms with Gasteiger partial charge in [-0.1, -0.05) is 58.4 Å². The van der Waals surface area contributed by atoms with Crippen LogP contribution in [-0.2, 0) is 6.42 Å². The maximum Gasteiger partial charge on any atom is 0.312 e. The van der Waals surface area contributed by atoms with E-state index in [2.05, 4.69) is 15.9 Å². The first kappa shape index (κ1) is 14.3. The number of nitro benzene ring substituents is 1. The Bertz CT molecular complexity index is 654. The molecule has 5 heteroatoms. The highest BCUT2D eigenvalue weighted by molar-refractivity contribution is 9.10. The lowest BCUT2D eigenvalue weighted by Gasteiger charge is -2.03. The number of allylic oxidation sites excluding steroid dienone is 1. The summed E-state index contributed by atoms with van der Waals surface area (Å²) < 4.78 is 0.574. The van der Waals surface area contributed by atoms with Gasteiger partial charge in [-0.05, 0) is 18.1 Å². The quantitative estimate of drug-likeness (QED) is 0.669. The maximum atomic E-state index is 10.8. The predicted molar refractivity (Wildman–Crippen MR) is 81.6 cm³/mol. The van der Waals surface area contributed by atoms with E-state index in [1.807, 2.05) is 42.5 Å². The number of halogens is 1. The largest absolute Gasteiger partial charge is 0.502 e. The molecule has 0 aliphatic carbocycles. The molecule has 2 rings (SSSR count). The van der Waals surface area contributed by atoms with Crippen molar-refractivity contribution < 1.29 is 10.0 Å². The summed E-state index contributed by atoms with van der Waals surface area (Å²) in [4.78, 5) is 10.2. The molecule has 0 spiro atoms. The third kappa shape index (κ3) is 3.45. The van der Waals surface area contributed by atoms with E-state index >= 15 is 0 Å². The molecule has 0 unspecified atom stereocenters. The van der Waals surface area contributed by atoms with Crippen LogP contribution in [0.4, 0.5) is 5.69 Å². The molecule has 102 valence electrons. The molecule has 0 aliphatic heterocycles. The van der Waals surface area contributed by atoms with Crippen LogP contribution in [0.3, 0.4) is 0 Å². The van der Waals surface area contributed by atoms with Gasteiger partial charge in [-0.3, -0.25) is 10.1 Å². The molecule has 1 N–H and O–H groups in total. The van der Waals surface area contributed by atoms with Crippen molar-refractivity contribution >= 4 is 27.7 Å². The molecule has 0 bridgehead atoms. The highest BCUT2D eigenvalue weighted by atomic mass is 79.9. The van der Waals surface area contributed by atoms with Crippen molar-refractivity contribution in [3.05, 3.63) is 74.3 Å². The zero-order chi connectivity index (χ0) is 14.5. The van der Waals surface area contributed by atoms with Crippen molar-refractivity contribution in [2.45, 2.75) is 6.42 Å². The second-order valence-corrected chi connectivity index (χ2v) is 5.12. The summed E-state index contributed by atoms with van der Waals surface area (Å²) in [5, 5.41) is 20.7. The number of nitro groups is 1. The minimum atomic E-state index is -0.593. The van der Waals surface area contributed by atoms with E-state index in [1.54, 1.807) is 6.07 Å². The number of rotatable bonds is 4. The highest BCUT2D eigenvalue weighted by Gasteiger charge is 2.17. The van der Waals surface area contributed by atoms with Crippen molar-refractivity contribution in [1.82, 2.24) is 0 Å². The summed E-state index contributed by atoms with van der Waals surface area (Å²) in [6.45, 7) is 0. The SMILES string of the molecule is O=[N+]([O-])c1cc(Br)cc(CC=Cc2ccccc2)c1O. The predicted octanol–water partition coefficient (Wildman–Crippen LogP) is 4.32. The second-order valence-electron chi connectivity index (χ2n) is 4.21. The minimum absolute atomic E-state index is 0.282. The Morgan fingerprint density at radius 2 is 1.95 bits per heavy atom. The lowest BCUT2D eigenvalue weighted by Crippen LogP contribution is -1.92. The molecule has 0 atom stereocenters. The van der Waals surface area contributed by atoms with Gasteiger partial charge >= 0.3 is 5.69 Å². The number of nitrogens with zero attached hydrogens (tertiary/aromatic N) is 1. The van der Waals surface area contributed by atoms with Crippen LogP contribution in [0.2, 0.25) is 0 Å². The highest BCUT2D eigenvalue weighted by Crippen LogP contribution is 2.33.